The Balaban J connectivity index is 2.16. The normalized spacial score (nSPS) is 25.8. The van der Waals surface area contributed by atoms with Gasteiger partial charge in [0.05, 0.1) is 0 Å². The van der Waals surface area contributed by atoms with E-state index in [1.165, 1.54) is 18.6 Å². The maximum atomic E-state index is 9.92. The molecule has 1 aliphatic rings. The third-order valence-corrected chi connectivity index (χ3v) is 2.89. The Hall–Kier alpha value is -0.240. The molecule has 1 heterocycles. The molecule has 1 unspecified atom stereocenters. The minimum Gasteiger partial charge on any atom is -0.303 e. The minimum absolute atomic E-state index is 0.580. The van der Waals surface area contributed by atoms with Crippen molar-refractivity contribution in [3.63, 3.8) is 0 Å². The lowest BCUT2D eigenvalue weighted by Gasteiger charge is -1.97. The highest BCUT2D eigenvalue weighted by molar-refractivity contribution is 8.00. The van der Waals surface area contributed by atoms with Crippen molar-refractivity contribution in [2.45, 2.75) is 24.5 Å². The molecule has 0 N–H and O–H groups in total. The van der Waals surface area contributed by atoms with E-state index >= 15 is 0 Å². The van der Waals surface area contributed by atoms with Gasteiger partial charge in [0, 0.05) is 11.7 Å². The lowest BCUT2D eigenvalue weighted by molar-refractivity contribution is -0.107. The van der Waals surface area contributed by atoms with Gasteiger partial charge in [-0.15, -0.1) is 0 Å². The fourth-order valence-electron chi connectivity index (χ4n) is 1.04. The van der Waals surface area contributed by atoms with Crippen molar-refractivity contribution in [1.82, 2.24) is 0 Å². The van der Waals surface area contributed by atoms with Crippen molar-refractivity contribution < 1.29 is 4.79 Å². The van der Waals surface area contributed by atoms with Gasteiger partial charge in [-0.25, -0.2) is 0 Å². The predicted octanol–water partition coefficient (Wildman–Crippen LogP) is 2.03. The summed E-state index contributed by atoms with van der Waals surface area (Å²) in [6.07, 6.45) is 8.27. The molecule has 0 amide bonds. The maximum Gasteiger partial charge on any atom is 0.123 e. The van der Waals surface area contributed by atoms with Crippen LogP contribution in [-0.2, 0) is 4.79 Å². The fraction of sp³-hybridized carbons (Fsp3) is 0.625. The Kier molecular flexibility index (Phi) is 3.58. The van der Waals surface area contributed by atoms with Crippen LogP contribution in [0.2, 0.25) is 0 Å². The smallest absolute Gasteiger partial charge is 0.123 e. The molecule has 1 aliphatic heterocycles. The van der Waals surface area contributed by atoms with Crippen molar-refractivity contribution in [2.75, 3.05) is 5.75 Å². The largest absolute Gasteiger partial charge is 0.303 e. The number of hydrogen-bond donors (Lipinski definition) is 0. The average Bonchev–Trinajstić information content (AvgIpc) is 2.41. The van der Waals surface area contributed by atoms with Gasteiger partial charge in [0.25, 0.3) is 0 Å². The van der Waals surface area contributed by atoms with Crippen molar-refractivity contribution in [2.24, 2.45) is 0 Å². The van der Waals surface area contributed by atoms with Crippen molar-refractivity contribution in [3.8, 4) is 0 Å². The molecule has 56 valence electrons. The first-order valence-electron chi connectivity index (χ1n) is 3.65. The molecule has 0 radical (unpaired) electrons. The van der Waals surface area contributed by atoms with Crippen molar-refractivity contribution in [1.29, 1.82) is 0 Å². The molecule has 0 aromatic rings. The molecule has 1 atom stereocenters. The van der Waals surface area contributed by atoms with Crippen LogP contribution in [0.5, 0.6) is 0 Å². The summed E-state index contributed by atoms with van der Waals surface area (Å²) in [6.45, 7) is 0. The number of rotatable bonds is 3. The molecule has 1 rings (SSSR count). The second kappa shape index (κ2) is 4.56. The molecule has 1 fully saturated rings. The van der Waals surface area contributed by atoms with Gasteiger partial charge in [-0.3, -0.25) is 0 Å². The van der Waals surface area contributed by atoms with Gasteiger partial charge in [-0.2, -0.15) is 11.8 Å². The number of aldehydes is 1. The minimum atomic E-state index is 0.580. The summed E-state index contributed by atoms with van der Waals surface area (Å²) < 4.78 is 0. The van der Waals surface area contributed by atoms with Crippen LogP contribution in [-0.4, -0.2) is 17.3 Å². The van der Waals surface area contributed by atoms with Gasteiger partial charge in [0.2, 0.25) is 0 Å². The second-order valence-corrected chi connectivity index (χ2v) is 3.73. The molecule has 0 bridgehead atoms. The van der Waals surface area contributed by atoms with Gasteiger partial charge < -0.3 is 4.79 Å². The van der Waals surface area contributed by atoms with E-state index in [2.05, 4.69) is 6.08 Å². The number of carbonyl (C=O) groups is 1. The first-order valence-corrected chi connectivity index (χ1v) is 4.70. The van der Waals surface area contributed by atoms with E-state index < -0.39 is 0 Å². The van der Waals surface area contributed by atoms with Gasteiger partial charge in [-0.05, 0) is 18.6 Å². The van der Waals surface area contributed by atoms with E-state index in [-0.39, 0.29) is 0 Å². The number of carbonyl (C=O) groups excluding carboxylic acids is 1. The van der Waals surface area contributed by atoms with Crippen molar-refractivity contribution >= 4 is 18.0 Å². The molecule has 0 aliphatic carbocycles. The topological polar surface area (TPSA) is 17.1 Å². The monoisotopic (exact) mass is 156 g/mol. The quantitative estimate of drug-likeness (QED) is 0.459. The second-order valence-electron chi connectivity index (χ2n) is 2.38. The van der Waals surface area contributed by atoms with Crippen LogP contribution in [0.15, 0.2) is 12.2 Å². The van der Waals surface area contributed by atoms with Crippen LogP contribution >= 0.6 is 11.8 Å². The molecule has 0 spiro atoms. The van der Waals surface area contributed by atoms with Crippen LogP contribution < -0.4 is 0 Å². The molecule has 0 aromatic heterocycles. The third-order valence-electron chi connectivity index (χ3n) is 1.55. The zero-order valence-corrected chi connectivity index (χ0v) is 6.77. The fourth-order valence-corrected chi connectivity index (χ4v) is 2.23. The van der Waals surface area contributed by atoms with Crippen LogP contribution in [0, 0.1) is 0 Å². The SMILES string of the molecule is O=CC/C=C\C1CCCS1. The highest BCUT2D eigenvalue weighted by Gasteiger charge is 2.10. The van der Waals surface area contributed by atoms with Gasteiger partial charge in [0.1, 0.15) is 6.29 Å². The lowest BCUT2D eigenvalue weighted by atomic mass is 10.2. The van der Waals surface area contributed by atoms with Gasteiger partial charge in [-0.1, -0.05) is 12.2 Å². The summed E-state index contributed by atoms with van der Waals surface area (Å²) in [6, 6.07) is 0. The Morgan fingerprint density at radius 2 is 2.50 bits per heavy atom. The Morgan fingerprint density at radius 1 is 1.60 bits per heavy atom. The van der Waals surface area contributed by atoms with Crippen LogP contribution in [0.4, 0.5) is 0 Å². The first-order chi connectivity index (χ1) is 4.93. The van der Waals surface area contributed by atoms with E-state index in [0.717, 1.165) is 6.29 Å². The first kappa shape index (κ1) is 7.86. The van der Waals surface area contributed by atoms with E-state index in [0.29, 0.717) is 11.7 Å². The number of allylic oxidation sites excluding steroid dienone is 1. The van der Waals surface area contributed by atoms with Gasteiger partial charge >= 0.3 is 0 Å². The van der Waals surface area contributed by atoms with E-state index in [4.69, 9.17) is 0 Å². The van der Waals surface area contributed by atoms with Crippen LogP contribution in [0.3, 0.4) is 0 Å². The zero-order chi connectivity index (χ0) is 7.23. The summed E-state index contributed by atoms with van der Waals surface area (Å²) in [5, 5.41) is 0.694. The highest BCUT2D eigenvalue weighted by atomic mass is 32.2. The number of hydrogen-bond acceptors (Lipinski definition) is 2. The van der Waals surface area contributed by atoms with Gasteiger partial charge in [0.15, 0.2) is 0 Å². The Labute approximate surface area is 65.9 Å². The predicted molar refractivity (Wildman–Crippen MR) is 45.3 cm³/mol. The lowest BCUT2D eigenvalue weighted by Crippen LogP contribution is -1.88. The van der Waals surface area contributed by atoms with Crippen LogP contribution in [0.25, 0.3) is 0 Å². The summed E-state index contributed by atoms with van der Waals surface area (Å²) in [4.78, 5) is 9.92. The molecule has 1 nitrogen and oxygen atoms in total. The molecule has 0 aromatic carbocycles. The summed E-state index contributed by atoms with van der Waals surface area (Å²) in [7, 11) is 0. The Morgan fingerprint density at radius 3 is 3.10 bits per heavy atom. The maximum absolute atomic E-state index is 9.92. The number of thioether (sulfide) groups is 1. The summed E-state index contributed by atoms with van der Waals surface area (Å²) in [5.41, 5.74) is 0. The molecule has 0 saturated carbocycles. The average molecular weight is 156 g/mol. The van der Waals surface area contributed by atoms with Crippen LogP contribution in [0.1, 0.15) is 19.3 Å². The van der Waals surface area contributed by atoms with E-state index in [1.807, 2.05) is 17.8 Å². The third kappa shape index (κ3) is 2.56. The van der Waals surface area contributed by atoms with E-state index in [9.17, 15) is 4.79 Å². The Bertz CT molecular complexity index is 125. The molecule has 10 heavy (non-hydrogen) atoms. The summed E-state index contributed by atoms with van der Waals surface area (Å²) >= 11 is 1.99. The summed E-state index contributed by atoms with van der Waals surface area (Å²) in [5.74, 6) is 1.29. The molecule has 2 heteroatoms. The zero-order valence-electron chi connectivity index (χ0n) is 5.95. The standard InChI is InChI=1S/C8H12OS/c9-6-2-1-4-8-5-3-7-10-8/h1,4,6,8H,2-3,5,7H2/b4-1-. The molecular formula is C8H12OS. The molecular weight excluding hydrogens is 144 g/mol. The molecule has 1 saturated heterocycles. The van der Waals surface area contributed by atoms with E-state index in [1.54, 1.807) is 0 Å². The highest BCUT2D eigenvalue weighted by Crippen LogP contribution is 2.26. The van der Waals surface area contributed by atoms with Crippen molar-refractivity contribution in [3.05, 3.63) is 12.2 Å².